The van der Waals surface area contributed by atoms with Gasteiger partial charge in [0.2, 0.25) is 0 Å². The number of carbonyl (C=O) groups excluding carboxylic acids is 1. The van der Waals surface area contributed by atoms with Crippen LogP contribution in [0.4, 0.5) is 11.4 Å². The second kappa shape index (κ2) is 10.9. The number of rotatable bonds is 9. The molecule has 3 aromatic rings. The largest absolute Gasteiger partial charge is 0.496 e. The van der Waals surface area contributed by atoms with Crippen molar-refractivity contribution in [2.45, 2.75) is 25.6 Å². The summed E-state index contributed by atoms with van der Waals surface area (Å²) in [5.74, 6) is 0.547. The third-order valence-electron chi connectivity index (χ3n) is 6.06. The van der Waals surface area contributed by atoms with Gasteiger partial charge in [-0.1, -0.05) is 18.2 Å². The molecule has 1 saturated heterocycles. The molecule has 1 fully saturated rings. The smallest absolute Gasteiger partial charge is 0.268 e. The lowest BCUT2D eigenvalue weighted by Gasteiger charge is -2.40. The van der Waals surface area contributed by atoms with E-state index in [0.717, 1.165) is 31.7 Å². The molecule has 0 saturated carbocycles. The Kier molecular flexibility index (Phi) is 7.70. The second-order valence-electron chi connectivity index (χ2n) is 9.30. The van der Waals surface area contributed by atoms with Crippen molar-refractivity contribution in [1.82, 2.24) is 15.2 Å². The summed E-state index contributed by atoms with van der Waals surface area (Å²) in [6.07, 6.45) is 1.57. The summed E-state index contributed by atoms with van der Waals surface area (Å²) in [6.45, 7) is 8.40. The van der Waals surface area contributed by atoms with Crippen molar-refractivity contribution in [3.8, 4) is 17.1 Å². The fourth-order valence-corrected chi connectivity index (χ4v) is 4.38. The molecule has 2 aromatic carbocycles. The Hall–Kier alpha value is -3.40. The van der Waals surface area contributed by atoms with Crippen LogP contribution in [0.2, 0.25) is 0 Å². The Labute approximate surface area is 205 Å². The maximum Gasteiger partial charge on any atom is 0.268 e. The highest BCUT2D eigenvalue weighted by Crippen LogP contribution is 2.32. The van der Waals surface area contributed by atoms with Crippen LogP contribution in [0.1, 0.15) is 13.8 Å². The number of aliphatic hydroxyl groups is 1. The van der Waals surface area contributed by atoms with Gasteiger partial charge in [-0.15, -0.1) is 0 Å². The van der Waals surface area contributed by atoms with Crippen LogP contribution < -0.4 is 20.3 Å². The molecule has 1 aliphatic rings. The van der Waals surface area contributed by atoms with E-state index in [2.05, 4.69) is 49.7 Å². The lowest BCUT2D eigenvalue weighted by Crippen LogP contribution is -2.58. The molecular formula is C26H33N5O4. The van der Waals surface area contributed by atoms with Crippen molar-refractivity contribution in [2.75, 3.05) is 50.1 Å². The lowest BCUT2D eigenvalue weighted by atomic mass is 10.0. The molecule has 3 N–H and O–H groups in total. The maximum atomic E-state index is 12.7. The number of nitrogens with zero attached hydrogens (tertiary/aromatic N) is 3. The normalized spacial score (nSPS) is 15.6. The van der Waals surface area contributed by atoms with Gasteiger partial charge in [-0.3, -0.25) is 15.0 Å². The highest BCUT2D eigenvalue weighted by atomic mass is 16.5. The second-order valence-corrected chi connectivity index (χ2v) is 9.30. The van der Waals surface area contributed by atoms with Gasteiger partial charge in [0.05, 0.1) is 18.9 Å². The summed E-state index contributed by atoms with van der Waals surface area (Å²) in [5.41, 5.74) is 1.99. The van der Waals surface area contributed by atoms with Crippen molar-refractivity contribution < 1.29 is 19.1 Å². The van der Waals surface area contributed by atoms with Gasteiger partial charge in [0.15, 0.2) is 18.4 Å². The minimum absolute atomic E-state index is 0.473. The molecule has 0 bridgehead atoms. The molecule has 1 amide bonds. The van der Waals surface area contributed by atoms with Gasteiger partial charge < -0.3 is 24.5 Å². The summed E-state index contributed by atoms with van der Waals surface area (Å²) in [4.78, 5) is 21.3. The summed E-state index contributed by atoms with van der Waals surface area (Å²) in [6, 6.07) is 15.6. The molecule has 186 valence electrons. The molecule has 9 nitrogen and oxygen atoms in total. The number of piperazine rings is 1. The number of carbonyl (C=O) groups is 1. The number of aromatic nitrogens is 1. The Bertz CT molecular complexity index is 1100. The monoisotopic (exact) mass is 479 g/mol. The predicted molar refractivity (Wildman–Crippen MR) is 135 cm³/mol. The van der Waals surface area contributed by atoms with Crippen molar-refractivity contribution in [3.05, 3.63) is 61.1 Å². The number of aliphatic hydroxyl groups excluding tert-OH is 1. The molecule has 1 aliphatic heterocycles. The number of hydrogen-bond donors (Lipinski definition) is 3. The number of anilines is 2. The van der Waals surface area contributed by atoms with Gasteiger partial charge in [0.25, 0.3) is 5.91 Å². The Morgan fingerprint density at radius 3 is 2.57 bits per heavy atom. The van der Waals surface area contributed by atoms with E-state index >= 15 is 0 Å². The molecule has 2 heterocycles. The van der Waals surface area contributed by atoms with Crippen molar-refractivity contribution >= 4 is 17.3 Å². The zero-order chi connectivity index (χ0) is 24.8. The first-order valence-corrected chi connectivity index (χ1v) is 11.7. The molecule has 0 spiro atoms. The molecular weight excluding hydrogens is 446 g/mol. The number of ether oxygens (including phenoxy) is 1. The fraction of sp³-hybridized carbons (Fsp3) is 0.385. The maximum absolute atomic E-state index is 12.7. The van der Waals surface area contributed by atoms with E-state index < -0.39 is 17.7 Å². The van der Waals surface area contributed by atoms with E-state index in [-0.39, 0.29) is 0 Å². The fourth-order valence-electron chi connectivity index (χ4n) is 4.38. The van der Waals surface area contributed by atoms with Crippen molar-refractivity contribution in [2.24, 2.45) is 0 Å². The quantitative estimate of drug-likeness (QED) is 0.403. The van der Waals surface area contributed by atoms with E-state index in [1.807, 2.05) is 19.9 Å². The van der Waals surface area contributed by atoms with Gasteiger partial charge in [-0.25, -0.2) is 4.98 Å². The minimum Gasteiger partial charge on any atom is -0.496 e. The van der Waals surface area contributed by atoms with Gasteiger partial charge >= 0.3 is 0 Å². The average Bonchev–Trinajstić information content (AvgIpc) is 3.39. The lowest BCUT2D eigenvalue weighted by molar-refractivity contribution is -0.126. The highest BCUT2D eigenvalue weighted by molar-refractivity contribution is 5.94. The van der Waals surface area contributed by atoms with Crippen molar-refractivity contribution in [3.63, 3.8) is 0 Å². The number of hydrogen-bond acceptors (Lipinski definition) is 8. The van der Waals surface area contributed by atoms with Gasteiger partial charge in [0.1, 0.15) is 5.75 Å². The molecule has 1 aromatic heterocycles. The summed E-state index contributed by atoms with van der Waals surface area (Å²) >= 11 is 0. The first-order valence-electron chi connectivity index (χ1n) is 11.7. The number of amides is 1. The van der Waals surface area contributed by atoms with Gasteiger partial charge in [-0.05, 0) is 38.1 Å². The summed E-state index contributed by atoms with van der Waals surface area (Å²) in [7, 11) is 1.54. The zero-order valence-corrected chi connectivity index (χ0v) is 20.4. The first kappa shape index (κ1) is 24.7. The van der Waals surface area contributed by atoms with E-state index in [9.17, 15) is 9.90 Å². The van der Waals surface area contributed by atoms with E-state index in [1.54, 1.807) is 31.5 Å². The SMILES string of the molecule is COc1cc(NC(=O)C(O)NC(C)(C)CN2CCN(c3ccccc3)CC2)ccc1-c1cnco1. The number of para-hydroxylation sites is 1. The summed E-state index contributed by atoms with van der Waals surface area (Å²) in [5, 5.41) is 16.4. The van der Waals surface area contributed by atoms with Crippen LogP contribution in [-0.2, 0) is 4.79 Å². The topological polar surface area (TPSA) is 103 Å². The Morgan fingerprint density at radius 2 is 1.91 bits per heavy atom. The van der Waals surface area contributed by atoms with E-state index in [4.69, 9.17) is 9.15 Å². The number of nitrogens with one attached hydrogen (secondary N) is 2. The van der Waals surface area contributed by atoms with Crippen LogP contribution in [0.5, 0.6) is 5.75 Å². The van der Waals surface area contributed by atoms with E-state index in [0.29, 0.717) is 23.7 Å². The Balaban J connectivity index is 1.29. The summed E-state index contributed by atoms with van der Waals surface area (Å²) < 4.78 is 10.8. The standard InChI is InChI=1S/C26H33N5O4/c1-26(2,17-30-11-13-31(14-12-30)20-7-5-4-6-8-20)29-25(33)24(32)28-19-9-10-21(22(15-19)34-3)23-16-27-18-35-23/h4-10,15-16,18,25,29,33H,11-14,17H2,1-3H3,(H,28,32). The van der Waals surface area contributed by atoms with Crippen LogP contribution in [0.3, 0.4) is 0 Å². The van der Waals surface area contributed by atoms with Gasteiger partial charge in [0, 0.05) is 55.7 Å². The molecule has 1 unspecified atom stereocenters. The molecule has 9 heteroatoms. The predicted octanol–water partition coefficient (Wildman–Crippen LogP) is 2.80. The molecule has 35 heavy (non-hydrogen) atoms. The minimum atomic E-state index is -1.37. The molecule has 0 aliphatic carbocycles. The van der Waals surface area contributed by atoms with Crippen LogP contribution in [0.15, 0.2) is 65.5 Å². The number of methoxy groups -OCH3 is 1. The van der Waals surface area contributed by atoms with Crippen LogP contribution in [-0.4, -0.2) is 72.5 Å². The third kappa shape index (κ3) is 6.39. The van der Waals surface area contributed by atoms with E-state index in [1.165, 1.54) is 12.1 Å². The Morgan fingerprint density at radius 1 is 1.17 bits per heavy atom. The third-order valence-corrected chi connectivity index (χ3v) is 6.06. The number of benzene rings is 2. The van der Waals surface area contributed by atoms with Crippen LogP contribution in [0, 0.1) is 0 Å². The molecule has 4 rings (SSSR count). The number of oxazole rings is 1. The van der Waals surface area contributed by atoms with Crippen LogP contribution in [0.25, 0.3) is 11.3 Å². The highest BCUT2D eigenvalue weighted by Gasteiger charge is 2.29. The van der Waals surface area contributed by atoms with Crippen LogP contribution >= 0.6 is 0 Å². The first-order chi connectivity index (χ1) is 16.8. The van der Waals surface area contributed by atoms with Crippen molar-refractivity contribution in [1.29, 1.82) is 0 Å². The molecule has 0 radical (unpaired) electrons. The van der Waals surface area contributed by atoms with Gasteiger partial charge in [-0.2, -0.15) is 0 Å². The zero-order valence-electron chi connectivity index (χ0n) is 20.4. The average molecular weight is 480 g/mol. The molecule has 1 atom stereocenters.